The first-order chi connectivity index (χ1) is 18.2. The van der Waals surface area contributed by atoms with Crippen LogP contribution in [-0.2, 0) is 37.3 Å². The standard InChI is InChI=1S/C28H36ClN3O5S/c1-21(28(34)30-19-25-5-4-18-37-25)32(20-23-6-11-24(29)12-7-23)27(33)15-10-22-8-13-26(14-9-22)38(35,36)31-16-2-3-17-31/h6-9,11-14,21,25H,2-5,10,15-20H2,1H3,(H,30,34)/t21-,25-/m1/s1. The number of halogens is 1. The summed E-state index contributed by atoms with van der Waals surface area (Å²) < 4.78 is 32.7. The number of carbonyl (C=O) groups is 2. The molecule has 206 valence electrons. The molecule has 2 aliphatic heterocycles. The zero-order valence-electron chi connectivity index (χ0n) is 21.8. The molecule has 2 saturated heterocycles. The minimum absolute atomic E-state index is 0.0174. The molecular weight excluding hydrogens is 526 g/mol. The van der Waals surface area contributed by atoms with Gasteiger partial charge in [0, 0.05) is 44.2 Å². The van der Waals surface area contributed by atoms with Gasteiger partial charge in [0.2, 0.25) is 21.8 Å². The summed E-state index contributed by atoms with van der Waals surface area (Å²) in [6.45, 7) is 4.26. The molecule has 4 rings (SSSR count). The first kappa shape index (κ1) is 28.5. The molecule has 1 N–H and O–H groups in total. The van der Waals surface area contributed by atoms with Crippen molar-refractivity contribution in [3.05, 3.63) is 64.7 Å². The van der Waals surface area contributed by atoms with Gasteiger partial charge >= 0.3 is 0 Å². The number of aryl methyl sites for hydroxylation is 1. The second-order valence-electron chi connectivity index (χ2n) is 9.96. The normalized spacial score (nSPS) is 18.8. The summed E-state index contributed by atoms with van der Waals surface area (Å²) in [5.41, 5.74) is 1.73. The zero-order chi connectivity index (χ0) is 27.1. The van der Waals surface area contributed by atoms with Crippen LogP contribution in [0, 0.1) is 0 Å². The van der Waals surface area contributed by atoms with Crippen LogP contribution in [0.1, 0.15) is 50.2 Å². The molecule has 0 aliphatic carbocycles. The Bertz CT molecular complexity index is 1190. The van der Waals surface area contributed by atoms with Gasteiger partial charge in [-0.15, -0.1) is 0 Å². The maximum absolute atomic E-state index is 13.4. The van der Waals surface area contributed by atoms with Crippen molar-refractivity contribution in [2.45, 2.75) is 69.0 Å². The highest BCUT2D eigenvalue weighted by Crippen LogP contribution is 2.22. The van der Waals surface area contributed by atoms with E-state index in [0.717, 1.165) is 36.8 Å². The lowest BCUT2D eigenvalue weighted by atomic mass is 10.1. The molecule has 0 spiro atoms. The Hall–Kier alpha value is -2.46. The molecule has 0 aromatic heterocycles. The summed E-state index contributed by atoms with van der Waals surface area (Å²) in [6, 6.07) is 13.3. The minimum atomic E-state index is -3.48. The van der Waals surface area contributed by atoms with Crippen molar-refractivity contribution in [2.24, 2.45) is 0 Å². The summed E-state index contributed by atoms with van der Waals surface area (Å²) >= 11 is 6.02. The van der Waals surface area contributed by atoms with Crippen LogP contribution in [0.3, 0.4) is 0 Å². The van der Waals surface area contributed by atoms with Crippen LogP contribution >= 0.6 is 11.6 Å². The molecule has 38 heavy (non-hydrogen) atoms. The molecule has 2 heterocycles. The highest BCUT2D eigenvalue weighted by atomic mass is 35.5. The molecular formula is C28H36ClN3O5S. The van der Waals surface area contributed by atoms with Gasteiger partial charge in [0.25, 0.3) is 0 Å². The van der Waals surface area contributed by atoms with E-state index in [4.69, 9.17) is 16.3 Å². The lowest BCUT2D eigenvalue weighted by Gasteiger charge is -2.29. The van der Waals surface area contributed by atoms with Gasteiger partial charge in [-0.3, -0.25) is 9.59 Å². The van der Waals surface area contributed by atoms with Crippen LogP contribution in [0.25, 0.3) is 0 Å². The predicted octanol–water partition coefficient (Wildman–Crippen LogP) is 3.77. The van der Waals surface area contributed by atoms with Gasteiger partial charge < -0.3 is 15.0 Å². The number of benzene rings is 2. The molecule has 8 nitrogen and oxygen atoms in total. The van der Waals surface area contributed by atoms with Crippen LogP contribution in [0.4, 0.5) is 0 Å². The molecule has 2 amide bonds. The van der Waals surface area contributed by atoms with Crippen molar-refractivity contribution in [1.29, 1.82) is 0 Å². The van der Waals surface area contributed by atoms with Gasteiger partial charge in [-0.05, 0) is 74.4 Å². The largest absolute Gasteiger partial charge is 0.376 e. The van der Waals surface area contributed by atoms with Crippen molar-refractivity contribution in [3.8, 4) is 0 Å². The Morgan fingerprint density at radius 1 is 1.05 bits per heavy atom. The number of hydrogen-bond acceptors (Lipinski definition) is 5. The number of nitrogens with zero attached hydrogens (tertiary/aromatic N) is 2. The van der Waals surface area contributed by atoms with Crippen LogP contribution < -0.4 is 5.32 Å². The number of rotatable bonds is 11. The molecule has 2 aromatic carbocycles. The maximum atomic E-state index is 13.4. The van der Waals surface area contributed by atoms with E-state index in [9.17, 15) is 18.0 Å². The molecule has 2 fully saturated rings. The van der Waals surface area contributed by atoms with Crippen molar-refractivity contribution in [2.75, 3.05) is 26.2 Å². The second kappa shape index (κ2) is 13.1. The molecule has 2 atom stereocenters. The summed E-state index contributed by atoms with van der Waals surface area (Å²) in [7, 11) is -3.48. The van der Waals surface area contributed by atoms with Gasteiger partial charge in [0.15, 0.2) is 0 Å². The average Bonchev–Trinajstić information content (AvgIpc) is 3.65. The first-order valence-corrected chi connectivity index (χ1v) is 15.1. The maximum Gasteiger partial charge on any atom is 0.243 e. The highest BCUT2D eigenvalue weighted by molar-refractivity contribution is 7.89. The van der Waals surface area contributed by atoms with Crippen molar-refractivity contribution in [3.63, 3.8) is 0 Å². The van der Waals surface area contributed by atoms with E-state index < -0.39 is 16.1 Å². The van der Waals surface area contributed by atoms with Gasteiger partial charge in [0.05, 0.1) is 11.0 Å². The quantitative estimate of drug-likeness (QED) is 0.450. The lowest BCUT2D eigenvalue weighted by Crippen LogP contribution is -2.49. The molecule has 2 aromatic rings. The van der Waals surface area contributed by atoms with Gasteiger partial charge in [-0.1, -0.05) is 35.9 Å². The molecule has 0 radical (unpaired) electrons. The van der Waals surface area contributed by atoms with E-state index in [-0.39, 0.29) is 35.8 Å². The van der Waals surface area contributed by atoms with Crippen molar-refractivity contribution in [1.82, 2.24) is 14.5 Å². The van der Waals surface area contributed by atoms with E-state index in [1.54, 1.807) is 48.2 Å². The smallest absolute Gasteiger partial charge is 0.243 e. The Kier molecular flexibility index (Phi) is 9.81. The number of nitrogens with one attached hydrogen (secondary N) is 1. The van der Waals surface area contributed by atoms with Gasteiger partial charge in [-0.25, -0.2) is 8.42 Å². The molecule has 0 bridgehead atoms. The monoisotopic (exact) mass is 561 g/mol. The van der Waals surface area contributed by atoms with Crippen molar-refractivity contribution >= 4 is 33.4 Å². The first-order valence-electron chi connectivity index (χ1n) is 13.3. The average molecular weight is 562 g/mol. The number of carbonyl (C=O) groups excluding carboxylic acids is 2. The van der Waals surface area contributed by atoms with Crippen molar-refractivity contribution < 1.29 is 22.7 Å². The second-order valence-corrected chi connectivity index (χ2v) is 12.3. The van der Waals surface area contributed by atoms with Gasteiger partial charge in [-0.2, -0.15) is 4.31 Å². The summed E-state index contributed by atoms with van der Waals surface area (Å²) in [6.07, 6.45) is 4.32. The van der Waals surface area contributed by atoms with E-state index in [0.29, 0.717) is 37.7 Å². The SMILES string of the molecule is C[C@H](C(=O)NC[C@H]1CCCO1)N(Cc1ccc(Cl)cc1)C(=O)CCc1ccc(S(=O)(=O)N2CCCC2)cc1. The fraction of sp³-hybridized carbons (Fsp3) is 0.500. The number of amides is 2. The van der Waals surface area contributed by atoms with E-state index in [1.165, 1.54) is 4.31 Å². The van der Waals surface area contributed by atoms with Gasteiger partial charge in [0.1, 0.15) is 6.04 Å². The van der Waals surface area contributed by atoms with Crippen LogP contribution in [0.2, 0.25) is 5.02 Å². The summed E-state index contributed by atoms with van der Waals surface area (Å²) in [5.74, 6) is -0.382. The molecule has 2 aliphatic rings. The number of sulfonamides is 1. The molecule has 10 heteroatoms. The van der Waals surface area contributed by atoms with E-state index >= 15 is 0 Å². The van der Waals surface area contributed by atoms with E-state index in [1.807, 2.05) is 12.1 Å². The van der Waals surface area contributed by atoms with E-state index in [2.05, 4.69) is 5.32 Å². The van der Waals surface area contributed by atoms with Crippen LogP contribution in [0.5, 0.6) is 0 Å². The number of hydrogen-bond donors (Lipinski definition) is 1. The fourth-order valence-electron chi connectivity index (χ4n) is 4.84. The summed E-state index contributed by atoms with van der Waals surface area (Å²) in [5, 5.41) is 3.53. The zero-order valence-corrected chi connectivity index (χ0v) is 23.3. The Balaban J connectivity index is 1.40. The minimum Gasteiger partial charge on any atom is -0.376 e. The Labute approximate surface area is 230 Å². The predicted molar refractivity (Wildman–Crippen MR) is 146 cm³/mol. The Morgan fingerprint density at radius 2 is 1.71 bits per heavy atom. The fourth-order valence-corrected chi connectivity index (χ4v) is 6.48. The van der Waals surface area contributed by atoms with Crippen LogP contribution in [0.15, 0.2) is 53.4 Å². The lowest BCUT2D eigenvalue weighted by molar-refractivity contribution is -0.140. The Morgan fingerprint density at radius 3 is 2.34 bits per heavy atom. The molecule has 0 unspecified atom stereocenters. The third kappa shape index (κ3) is 7.34. The van der Waals surface area contributed by atoms with Crippen LogP contribution in [-0.4, -0.2) is 67.8 Å². The molecule has 0 saturated carbocycles. The third-order valence-corrected chi connectivity index (χ3v) is 9.38. The highest BCUT2D eigenvalue weighted by Gasteiger charge is 2.28. The topological polar surface area (TPSA) is 96.0 Å². The third-order valence-electron chi connectivity index (χ3n) is 7.22. The number of ether oxygens (including phenoxy) is 1. The summed E-state index contributed by atoms with van der Waals surface area (Å²) in [4.78, 5) is 28.2.